The topological polar surface area (TPSA) is 92.9 Å². The van der Waals surface area contributed by atoms with Gasteiger partial charge in [0.2, 0.25) is 0 Å². The Hall–Kier alpha value is -3.52. The van der Waals surface area contributed by atoms with Crippen molar-refractivity contribution in [2.24, 2.45) is 0 Å². The first-order valence-electron chi connectivity index (χ1n) is 8.62. The molecule has 0 aliphatic heterocycles. The fourth-order valence-electron chi connectivity index (χ4n) is 2.75. The molecular formula is C20H17N5O2S. The van der Waals surface area contributed by atoms with Crippen molar-refractivity contribution in [2.45, 2.75) is 13.0 Å². The maximum Gasteiger partial charge on any atom is 0.324 e. The van der Waals surface area contributed by atoms with Gasteiger partial charge in [0.05, 0.1) is 11.0 Å². The van der Waals surface area contributed by atoms with E-state index in [1.165, 1.54) is 11.3 Å². The molecule has 0 unspecified atom stereocenters. The van der Waals surface area contributed by atoms with Crippen molar-refractivity contribution in [2.75, 3.05) is 5.32 Å². The Kier molecular flexibility index (Phi) is 5.11. The zero-order chi connectivity index (χ0) is 19.3. The van der Waals surface area contributed by atoms with Crippen molar-refractivity contribution >= 4 is 23.4 Å². The van der Waals surface area contributed by atoms with Crippen molar-refractivity contribution in [3.8, 4) is 11.6 Å². The second-order valence-electron chi connectivity index (χ2n) is 6.02. The molecule has 2 aromatic carbocycles. The molecule has 4 aromatic rings. The van der Waals surface area contributed by atoms with E-state index in [1.54, 1.807) is 0 Å². The normalized spacial score (nSPS) is 10.8. The van der Waals surface area contributed by atoms with Crippen LogP contribution in [0.15, 0.2) is 70.5 Å². The second kappa shape index (κ2) is 8.01. The summed E-state index contributed by atoms with van der Waals surface area (Å²) in [6.45, 7) is 1.89. The molecule has 0 atom stereocenters. The molecule has 0 radical (unpaired) electrons. The number of anilines is 1. The molecule has 0 saturated heterocycles. The number of rotatable bonds is 5. The van der Waals surface area contributed by atoms with Crippen LogP contribution in [0.4, 0.5) is 10.8 Å². The van der Waals surface area contributed by atoms with E-state index in [2.05, 4.69) is 25.8 Å². The molecule has 140 valence electrons. The molecule has 28 heavy (non-hydrogen) atoms. The van der Waals surface area contributed by atoms with E-state index < -0.39 is 6.03 Å². The van der Waals surface area contributed by atoms with Gasteiger partial charge in [-0.2, -0.15) is 0 Å². The highest BCUT2D eigenvalue weighted by Crippen LogP contribution is 2.23. The lowest BCUT2D eigenvalue weighted by Crippen LogP contribution is -2.33. The van der Waals surface area contributed by atoms with E-state index in [9.17, 15) is 4.79 Å². The summed E-state index contributed by atoms with van der Waals surface area (Å²) < 4.78 is 5.50. The monoisotopic (exact) mass is 391 g/mol. The molecule has 0 spiro atoms. The van der Waals surface area contributed by atoms with Crippen molar-refractivity contribution in [3.05, 3.63) is 82.2 Å². The maximum atomic E-state index is 12.6. The van der Waals surface area contributed by atoms with Gasteiger partial charge in [-0.1, -0.05) is 65.8 Å². The van der Waals surface area contributed by atoms with Crippen LogP contribution in [0.3, 0.4) is 0 Å². The number of aryl methyl sites for hydroxylation is 1. The van der Waals surface area contributed by atoms with Gasteiger partial charge in [-0.05, 0) is 18.1 Å². The van der Waals surface area contributed by atoms with Gasteiger partial charge in [0.25, 0.3) is 5.89 Å². The predicted octanol–water partition coefficient (Wildman–Crippen LogP) is 4.41. The van der Waals surface area contributed by atoms with E-state index in [0.29, 0.717) is 5.69 Å². The fraction of sp³-hybridized carbons (Fsp3) is 0.100. The Morgan fingerprint density at radius 1 is 1.00 bits per heavy atom. The quantitative estimate of drug-likeness (QED) is 0.525. The summed E-state index contributed by atoms with van der Waals surface area (Å²) in [5.74, 6) is 0.266. The third-order valence-corrected chi connectivity index (χ3v) is 4.80. The van der Waals surface area contributed by atoms with Crippen LogP contribution in [0.25, 0.3) is 11.6 Å². The summed E-state index contributed by atoms with van der Waals surface area (Å²) in [7, 11) is 0. The SMILES string of the molecule is Cc1nc(-c2nnc(NC(=O)NC(c3ccccc3)c3ccccc3)o2)cs1. The molecule has 0 bridgehead atoms. The van der Waals surface area contributed by atoms with Gasteiger partial charge in [0.1, 0.15) is 5.69 Å². The third kappa shape index (κ3) is 4.07. The number of hydrogen-bond acceptors (Lipinski definition) is 6. The lowest BCUT2D eigenvalue weighted by Gasteiger charge is -2.19. The number of nitrogens with one attached hydrogen (secondary N) is 2. The highest BCUT2D eigenvalue weighted by Gasteiger charge is 2.18. The van der Waals surface area contributed by atoms with Crippen molar-refractivity contribution in [3.63, 3.8) is 0 Å². The lowest BCUT2D eigenvalue weighted by atomic mass is 9.99. The summed E-state index contributed by atoms with van der Waals surface area (Å²) >= 11 is 1.49. The number of aromatic nitrogens is 3. The maximum absolute atomic E-state index is 12.6. The van der Waals surface area contributed by atoms with Crippen LogP contribution in [-0.4, -0.2) is 21.2 Å². The largest absolute Gasteiger partial charge is 0.401 e. The van der Waals surface area contributed by atoms with Crippen LogP contribution in [0.2, 0.25) is 0 Å². The summed E-state index contributed by atoms with van der Waals surface area (Å²) in [6, 6.07) is 18.7. The minimum Gasteiger partial charge on any atom is -0.401 e. The van der Waals surface area contributed by atoms with E-state index in [4.69, 9.17) is 4.42 Å². The van der Waals surface area contributed by atoms with Gasteiger partial charge < -0.3 is 9.73 Å². The van der Waals surface area contributed by atoms with E-state index >= 15 is 0 Å². The number of carbonyl (C=O) groups excluding carboxylic acids is 1. The third-order valence-electron chi connectivity index (χ3n) is 4.02. The van der Waals surface area contributed by atoms with Gasteiger partial charge in [-0.25, -0.2) is 9.78 Å². The molecule has 0 fully saturated rings. The second-order valence-corrected chi connectivity index (χ2v) is 7.08. The molecular weight excluding hydrogens is 374 g/mol. The van der Waals surface area contributed by atoms with Crippen LogP contribution < -0.4 is 10.6 Å². The standard InChI is InChI=1S/C20H17N5O2S/c1-13-21-16(12-28-13)18-24-25-20(27-18)23-19(26)22-17(14-8-4-2-5-9-14)15-10-6-3-7-11-15/h2-12,17H,1H3,(H2,22,23,25,26). The fourth-order valence-corrected chi connectivity index (χ4v) is 3.34. The Labute approximate surface area is 165 Å². The number of hydrogen-bond donors (Lipinski definition) is 2. The zero-order valence-corrected chi connectivity index (χ0v) is 15.8. The van der Waals surface area contributed by atoms with Crippen LogP contribution in [-0.2, 0) is 0 Å². The highest BCUT2D eigenvalue weighted by atomic mass is 32.1. The zero-order valence-electron chi connectivity index (χ0n) is 15.0. The first-order valence-corrected chi connectivity index (χ1v) is 9.50. The molecule has 2 aromatic heterocycles. The lowest BCUT2D eigenvalue weighted by molar-refractivity contribution is 0.249. The first-order chi connectivity index (χ1) is 13.7. The highest BCUT2D eigenvalue weighted by molar-refractivity contribution is 7.09. The Balaban J connectivity index is 1.50. The van der Waals surface area contributed by atoms with Gasteiger partial charge in [0, 0.05) is 5.38 Å². The summed E-state index contributed by atoms with van der Waals surface area (Å²) in [5.41, 5.74) is 2.52. The van der Waals surface area contributed by atoms with E-state index in [1.807, 2.05) is 73.0 Å². The predicted molar refractivity (Wildman–Crippen MR) is 107 cm³/mol. The number of nitrogens with zero attached hydrogens (tertiary/aromatic N) is 3. The molecule has 0 aliphatic carbocycles. The number of urea groups is 1. The van der Waals surface area contributed by atoms with Gasteiger partial charge in [-0.15, -0.1) is 16.4 Å². The molecule has 2 amide bonds. The molecule has 2 N–H and O–H groups in total. The summed E-state index contributed by atoms with van der Waals surface area (Å²) in [6.07, 6.45) is 0. The number of carbonyl (C=O) groups is 1. The minimum absolute atomic E-state index is 0.0121. The molecule has 7 nitrogen and oxygen atoms in total. The van der Waals surface area contributed by atoms with Crippen molar-refractivity contribution in [1.29, 1.82) is 0 Å². The average molecular weight is 391 g/mol. The molecule has 8 heteroatoms. The number of thiazole rings is 1. The minimum atomic E-state index is -0.442. The summed E-state index contributed by atoms with van der Waals surface area (Å²) in [4.78, 5) is 16.9. The van der Waals surface area contributed by atoms with Crippen LogP contribution in [0.1, 0.15) is 22.2 Å². The summed E-state index contributed by atoms with van der Waals surface area (Å²) in [5, 5.41) is 16.1. The molecule has 4 rings (SSSR count). The number of amides is 2. The van der Waals surface area contributed by atoms with E-state index in [-0.39, 0.29) is 17.9 Å². The average Bonchev–Trinajstić information content (AvgIpc) is 3.36. The van der Waals surface area contributed by atoms with Crippen LogP contribution >= 0.6 is 11.3 Å². The van der Waals surface area contributed by atoms with Crippen LogP contribution in [0, 0.1) is 6.92 Å². The van der Waals surface area contributed by atoms with Gasteiger partial charge in [0.15, 0.2) is 0 Å². The van der Waals surface area contributed by atoms with Crippen LogP contribution in [0.5, 0.6) is 0 Å². The van der Waals surface area contributed by atoms with Gasteiger partial charge >= 0.3 is 12.0 Å². The smallest absolute Gasteiger partial charge is 0.324 e. The Bertz CT molecular complexity index is 1020. The van der Waals surface area contributed by atoms with E-state index in [0.717, 1.165) is 16.1 Å². The van der Waals surface area contributed by atoms with Gasteiger partial charge in [-0.3, -0.25) is 5.32 Å². The molecule has 2 heterocycles. The molecule has 0 aliphatic rings. The van der Waals surface area contributed by atoms with Crippen molar-refractivity contribution in [1.82, 2.24) is 20.5 Å². The Morgan fingerprint density at radius 3 is 2.21 bits per heavy atom. The first kappa shape index (κ1) is 17.9. The number of benzene rings is 2. The Morgan fingerprint density at radius 2 is 1.64 bits per heavy atom. The van der Waals surface area contributed by atoms with Crippen molar-refractivity contribution < 1.29 is 9.21 Å². The molecule has 0 saturated carbocycles.